The maximum absolute atomic E-state index is 11.6. The molecule has 0 spiro atoms. The molecule has 110 valence electrons. The third-order valence-corrected chi connectivity index (χ3v) is 2.89. The van der Waals surface area contributed by atoms with Crippen LogP contribution in [0.25, 0.3) is 0 Å². The molecule has 0 bridgehead atoms. The molecule has 1 aromatic rings. The Morgan fingerprint density at radius 2 is 2.05 bits per heavy atom. The fourth-order valence-electron chi connectivity index (χ4n) is 1.83. The van der Waals surface area contributed by atoms with E-state index >= 15 is 0 Å². The van der Waals surface area contributed by atoms with Crippen molar-refractivity contribution >= 4 is 5.91 Å². The van der Waals surface area contributed by atoms with Crippen molar-refractivity contribution < 1.29 is 4.79 Å². The summed E-state index contributed by atoms with van der Waals surface area (Å²) in [5.74, 6) is -0.0766. The van der Waals surface area contributed by atoms with Gasteiger partial charge < -0.3 is 16.0 Å². The Kier molecular flexibility index (Phi) is 7.62. The second-order valence-corrected chi connectivity index (χ2v) is 5.16. The van der Waals surface area contributed by atoms with Gasteiger partial charge in [-0.3, -0.25) is 4.79 Å². The predicted molar refractivity (Wildman–Crippen MR) is 83.4 cm³/mol. The van der Waals surface area contributed by atoms with E-state index in [9.17, 15) is 4.79 Å². The van der Waals surface area contributed by atoms with Gasteiger partial charge in [-0.25, -0.2) is 0 Å². The molecule has 0 saturated carbocycles. The molecule has 3 N–H and O–H groups in total. The Balaban J connectivity index is 2.23. The molecule has 0 aliphatic carbocycles. The van der Waals surface area contributed by atoms with E-state index < -0.39 is 0 Å². The van der Waals surface area contributed by atoms with Gasteiger partial charge in [0.15, 0.2) is 0 Å². The van der Waals surface area contributed by atoms with Gasteiger partial charge in [-0.15, -0.1) is 0 Å². The van der Waals surface area contributed by atoms with Crippen LogP contribution < -0.4 is 11.1 Å². The van der Waals surface area contributed by atoms with Crippen molar-refractivity contribution in [2.75, 3.05) is 27.2 Å². The van der Waals surface area contributed by atoms with E-state index in [1.54, 1.807) is 6.08 Å². The zero-order chi connectivity index (χ0) is 14.8. The zero-order valence-electron chi connectivity index (χ0n) is 12.4. The van der Waals surface area contributed by atoms with E-state index in [1.807, 2.05) is 44.4 Å². The lowest BCUT2D eigenvalue weighted by molar-refractivity contribution is -0.116. The van der Waals surface area contributed by atoms with Gasteiger partial charge in [0.2, 0.25) is 5.91 Å². The van der Waals surface area contributed by atoms with Crippen LogP contribution in [0.2, 0.25) is 0 Å². The van der Waals surface area contributed by atoms with Crippen molar-refractivity contribution in [3.8, 4) is 0 Å². The maximum atomic E-state index is 11.6. The highest BCUT2D eigenvalue weighted by Gasteiger charge is 2.01. The second kappa shape index (κ2) is 9.28. The Bertz CT molecular complexity index is 415. The van der Waals surface area contributed by atoms with Crippen molar-refractivity contribution in [2.24, 2.45) is 5.73 Å². The number of nitrogens with one attached hydrogen (secondary N) is 1. The molecule has 0 aromatic heterocycles. The fraction of sp³-hybridized carbons (Fsp3) is 0.438. The summed E-state index contributed by atoms with van der Waals surface area (Å²) in [5.41, 5.74) is 7.15. The minimum Gasteiger partial charge on any atom is -0.353 e. The number of rotatable bonds is 8. The van der Waals surface area contributed by atoms with Crippen molar-refractivity contribution in [3.05, 3.63) is 48.0 Å². The van der Waals surface area contributed by atoms with Gasteiger partial charge in [0.1, 0.15) is 0 Å². The molecule has 0 fully saturated rings. The number of carbonyl (C=O) groups excluding carboxylic acids is 1. The summed E-state index contributed by atoms with van der Waals surface area (Å²) < 4.78 is 0. The van der Waals surface area contributed by atoms with Crippen LogP contribution in [0.4, 0.5) is 0 Å². The lowest BCUT2D eigenvalue weighted by atomic mass is 10.1. The molecule has 4 heteroatoms. The number of benzene rings is 1. The first-order chi connectivity index (χ1) is 9.58. The molecule has 1 amide bonds. The number of nitrogens with zero attached hydrogens (tertiary/aromatic N) is 1. The molecule has 20 heavy (non-hydrogen) atoms. The Morgan fingerprint density at radius 1 is 1.35 bits per heavy atom. The van der Waals surface area contributed by atoms with Crippen LogP contribution >= 0.6 is 0 Å². The van der Waals surface area contributed by atoms with Crippen molar-refractivity contribution in [3.63, 3.8) is 0 Å². The number of carbonyl (C=O) groups is 1. The van der Waals surface area contributed by atoms with Crippen molar-refractivity contribution in [1.82, 2.24) is 10.2 Å². The lowest BCUT2D eigenvalue weighted by Crippen LogP contribution is -2.26. The quantitative estimate of drug-likeness (QED) is 0.553. The van der Waals surface area contributed by atoms with E-state index in [0.717, 1.165) is 19.4 Å². The topological polar surface area (TPSA) is 58.4 Å². The van der Waals surface area contributed by atoms with Crippen LogP contribution in [-0.2, 0) is 11.2 Å². The molecular weight excluding hydrogens is 250 g/mol. The molecule has 0 heterocycles. The fourth-order valence-corrected chi connectivity index (χ4v) is 1.83. The number of hydrogen-bond acceptors (Lipinski definition) is 3. The van der Waals surface area contributed by atoms with Gasteiger partial charge >= 0.3 is 0 Å². The molecule has 0 aliphatic heterocycles. The van der Waals surface area contributed by atoms with Gasteiger partial charge in [0.25, 0.3) is 0 Å². The zero-order valence-corrected chi connectivity index (χ0v) is 12.4. The maximum Gasteiger partial charge on any atom is 0.243 e. The standard InChI is InChI=1S/C16H25N3O/c1-19(2)12-6-11-18-16(20)10-9-15(17)13-14-7-4-3-5-8-14/h3-5,7-10,15H,6,11-13,17H2,1-2H3,(H,18,20)/b10-9+. The minimum absolute atomic E-state index is 0.0766. The largest absolute Gasteiger partial charge is 0.353 e. The van der Waals surface area contributed by atoms with Gasteiger partial charge in [-0.1, -0.05) is 36.4 Å². The van der Waals surface area contributed by atoms with Gasteiger partial charge in [-0.2, -0.15) is 0 Å². The first kappa shape index (κ1) is 16.4. The summed E-state index contributed by atoms with van der Waals surface area (Å²) in [4.78, 5) is 13.7. The highest BCUT2D eigenvalue weighted by atomic mass is 16.1. The molecule has 1 rings (SSSR count). The molecule has 0 aliphatic rings. The van der Waals surface area contributed by atoms with E-state index in [2.05, 4.69) is 10.2 Å². The van der Waals surface area contributed by atoms with E-state index in [0.29, 0.717) is 6.54 Å². The highest BCUT2D eigenvalue weighted by Crippen LogP contribution is 2.02. The van der Waals surface area contributed by atoms with Crippen LogP contribution in [0, 0.1) is 0 Å². The summed E-state index contributed by atoms with van der Waals surface area (Å²) in [5, 5.41) is 2.85. The van der Waals surface area contributed by atoms with Crippen molar-refractivity contribution in [1.29, 1.82) is 0 Å². The van der Waals surface area contributed by atoms with Crippen molar-refractivity contribution in [2.45, 2.75) is 18.9 Å². The Hall–Kier alpha value is -1.65. The lowest BCUT2D eigenvalue weighted by Gasteiger charge is -2.09. The van der Waals surface area contributed by atoms with Crippen LogP contribution in [0.15, 0.2) is 42.5 Å². The van der Waals surface area contributed by atoms with Crippen LogP contribution in [0.5, 0.6) is 0 Å². The first-order valence-corrected chi connectivity index (χ1v) is 6.98. The number of nitrogens with two attached hydrogens (primary N) is 1. The Labute approximate surface area is 121 Å². The van der Waals surface area contributed by atoms with E-state index in [-0.39, 0.29) is 11.9 Å². The minimum atomic E-state index is -0.134. The summed E-state index contributed by atoms with van der Waals surface area (Å²) in [6, 6.07) is 9.90. The molecule has 0 saturated heterocycles. The van der Waals surface area contributed by atoms with Crippen LogP contribution in [-0.4, -0.2) is 44.0 Å². The van der Waals surface area contributed by atoms with Gasteiger partial charge in [0.05, 0.1) is 0 Å². The molecular formula is C16H25N3O. The first-order valence-electron chi connectivity index (χ1n) is 6.98. The van der Waals surface area contributed by atoms with Crippen LogP contribution in [0.3, 0.4) is 0 Å². The average molecular weight is 275 g/mol. The molecule has 1 unspecified atom stereocenters. The normalized spacial score (nSPS) is 12.8. The third kappa shape index (κ3) is 7.71. The van der Waals surface area contributed by atoms with E-state index in [4.69, 9.17) is 5.73 Å². The van der Waals surface area contributed by atoms with E-state index in [1.165, 1.54) is 11.6 Å². The van der Waals surface area contributed by atoms with Gasteiger partial charge in [0, 0.05) is 18.7 Å². The van der Waals surface area contributed by atoms with Gasteiger partial charge in [-0.05, 0) is 39.0 Å². The van der Waals surface area contributed by atoms with Crippen LogP contribution in [0.1, 0.15) is 12.0 Å². The predicted octanol–water partition coefficient (Wildman–Crippen LogP) is 1.18. The summed E-state index contributed by atoms with van der Waals surface area (Å²) in [6.07, 6.45) is 4.98. The summed E-state index contributed by atoms with van der Waals surface area (Å²) in [7, 11) is 4.04. The molecule has 0 radical (unpaired) electrons. The average Bonchev–Trinajstić information content (AvgIpc) is 2.42. The third-order valence-electron chi connectivity index (χ3n) is 2.89. The number of amides is 1. The number of hydrogen-bond donors (Lipinski definition) is 2. The Morgan fingerprint density at radius 3 is 2.70 bits per heavy atom. The monoisotopic (exact) mass is 275 g/mol. The highest BCUT2D eigenvalue weighted by molar-refractivity contribution is 5.87. The molecule has 1 atom stereocenters. The summed E-state index contributed by atoms with van der Waals surface area (Å²) in [6.45, 7) is 1.66. The molecule has 4 nitrogen and oxygen atoms in total. The summed E-state index contributed by atoms with van der Waals surface area (Å²) >= 11 is 0. The molecule has 1 aromatic carbocycles. The second-order valence-electron chi connectivity index (χ2n) is 5.16. The SMILES string of the molecule is CN(C)CCCNC(=O)/C=C/C(N)Cc1ccccc1. The smallest absolute Gasteiger partial charge is 0.243 e.